The third-order valence-electron chi connectivity index (χ3n) is 5.86. The highest BCUT2D eigenvalue weighted by Gasteiger charge is 2.31. The van der Waals surface area contributed by atoms with Crippen molar-refractivity contribution in [3.63, 3.8) is 0 Å². The molecule has 1 unspecified atom stereocenters. The number of nitrogens with one attached hydrogen (secondary N) is 2. The fourth-order valence-corrected chi connectivity index (χ4v) is 3.38. The highest BCUT2D eigenvalue weighted by atomic mass is 16.3. The molecule has 0 saturated heterocycles. The van der Waals surface area contributed by atoms with Gasteiger partial charge in [0, 0.05) is 23.9 Å². The van der Waals surface area contributed by atoms with E-state index in [1.807, 2.05) is 51.1 Å². The van der Waals surface area contributed by atoms with Crippen molar-refractivity contribution in [2.45, 2.75) is 79.0 Å². The van der Waals surface area contributed by atoms with Crippen molar-refractivity contribution < 1.29 is 19.5 Å². The molecular weight excluding hydrogens is 432 g/mol. The fraction of sp³-hybridized carbons (Fsp3) is 0.654. The minimum Gasteiger partial charge on any atom is -0.389 e. The number of hydrogen-bond acceptors (Lipinski definition) is 4. The second kappa shape index (κ2) is 13.3. The maximum absolute atomic E-state index is 12.9. The Bertz CT molecular complexity index is 792. The second-order valence-corrected chi connectivity index (χ2v) is 10.7. The van der Waals surface area contributed by atoms with Gasteiger partial charge in [-0.3, -0.25) is 9.59 Å². The van der Waals surface area contributed by atoms with Crippen molar-refractivity contribution >= 4 is 17.8 Å². The molecule has 4 amide bonds. The monoisotopic (exact) mass is 476 g/mol. The zero-order valence-electron chi connectivity index (χ0n) is 21.8. The van der Waals surface area contributed by atoms with Crippen LogP contribution in [0.1, 0.15) is 60.5 Å². The van der Waals surface area contributed by atoms with Crippen molar-refractivity contribution in [2.75, 3.05) is 13.1 Å². The first kappa shape index (κ1) is 29.4. The van der Waals surface area contributed by atoms with Gasteiger partial charge in [0.1, 0.15) is 0 Å². The summed E-state index contributed by atoms with van der Waals surface area (Å²) in [6, 6.07) is 8.62. The minimum atomic E-state index is -1.02. The van der Waals surface area contributed by atoms with E-state index < -0.39 is 35.4 Å². The van der Waals surface area contributed by atoms with Crippen LogP contribution in [0.15, 0.2) is 30.3 Å². The van der Waals surface area contributed by atoms with Gasteiger partial charge < -0.3 is 26.4 Å². The lowest BCUT2D eigenvalue weighted by atomic mass is 9.93. The number of carbonyl (C=O) groups is 3. The van der Waals surface area contributed by atoms with Crippen LogP contribution in [-0.2, 0) is 16.0 Å². The molecule has 1 aromatic rings. The van der Waals surface area contributed by atoms with Gasteiger partial charge in [0.25, 0.3) is 0 Å². The Hall–Kier alpha value is -2.61. The molecule has 34 heavy (non-hydrogen) atoms. The summed E-state index contributed by atoms with van der Waals surface area (Å²) >= 11 is 0. The third kappa shape index (κ3) is 10.5. The Balaban J connectivity index is 3.09. The molecule has 192 valence electrons. The summed E-state index contributed by atoms with van der Waals surface area (Å²) in [6.07, 6.45) is 0.149. The number of amides is 4. The smallest absolute Gasteiger partial charge is 0.317 e. The lowest BCUT2D eigenvalue weighted by Crippen LogP contribution is -2.55. The SMILES string of the molecule is CC(C)CCN(CC(O)[C@H](Cc1ccccc1)NC(=O)[C@H](C)[C@H](C)C(N)=O)C(=O)NC(C)(C)C. The van der Waals surface area contributed by atoms with Gasteiger partial charge in [0.15, 0.2) is 0 Å². The van der Waals surface area contributed by atoms with Crippen molar-refractivity contribution in [3.05, 3.63) is 35.9 Å². The van der Waals surface area contributed by atoms with Gasteiger partial charge in [-0.1, -0.05) is 58.0 Å². The van der Waals surface area contributed by atoms with Crippen LogP contribution in [0.25, 0.3) is 0 Å². The molecule has 0 aliphatic carbocycles. The van der Waals surface area contributed by atoms with E-state index in [2.05, 4.69) is 24.5 Å². The Kier molecular flexibility index (Phi) is 11.5. The summed E-state index contributed by atoms with van der Waals surface area (Å²) < 4.78 is 0. The zero-order valence-corrected chi connectivity index (χ0v) is 21.8. The van der Waals surface area contributed by atoms with Crippen LogP contribution in [0.2, 0.25) is 0 Å². The van der Waals surface area contributed by atoms with E-state index in [-0.39, 0.29) is 18.5 Å². The van der Waals surface area contributed by atoms with Gasteiger partial charge in [-0.25, -0.2) is 4.79 Å². The third-order valence-corrected chi connectivity index (χ3v) is 5.86. The molecule has 0 aliphatic heterocycles. The number of urea groups is 1. The first-order chi connectivity index (χ1) is 15.7. The summed E-state index contributed by atoms with van der Waals surface area (Å²) in [7, 11) is 0. The zero-order chi connectivity index (χ0) is 26.1. The fourth-order valence-electron chi connectivity index (χ4n) is 3.38. The lowest BCUT2D eigenvalue weighted by molar-refractivity contribution is -0.133. The van der Waals surface area contributed by atoms with Gasteiger partial charge in [-0.2, -0.15) is 0 Å². The van der Waals surface area contributed by atoms with Crippen molar-refractivity contribution in [1.29, 1.82) is 0 Å². The maximum Gasteiger partial charge on any atom is 0.317 e. The molecule has 4 atom stereocenters. The van der Waals surface area contributed by atoms with Crippen LogP contribution < -0.4 is 16.4 Å². The number of rotatable bonds is 12. The molecule has 0 saturated carbocycles. The molecule has 0 fully saturated rings. The topological polar surface area (TPSA) is 125 Å². The summed E-state index contributed by atoms with van der Waals surface area (Å²) in [5.74, 6) is -1.82. The maximum atomic E-state index is 12.9. The van der Waals surface area contributed by atoms with E-state index >= 15 is 0 Å². The second-order valence-electron chi connectivity index (χ2n) is 10.7. The Morgan fingerprint density at radius 3 is 2.12 bits per heavy atom. The van der Waals surface area contributed by atoms with Gasteiger partial charge in [-0.15, -0.1) is 0 Å². The Morgan fingerprint density at radius 2 is 1.62 bits per heavy atom. The van der Waals surface area contributed by atoms with Crippen LogP contribution in [0, 0.1) is 17.8 Å². The number of hydrogen-bond donors (Lipinski definition) is 4. The number of primary amides is 1. The highest BCUT2D eigenvalue weighted by Crippen LogP contribution is 2.15. The number of aliphatic hydroxyl groups excluding tert-OH is 1. The molecule has 8 heteroatoms. The molecule has 0 bridgehead atoms. The summed E-state index contributed by atoms with van der Waals surface area (Å²) in [5.41, 5.74) is 5.90. The summed E-state index contributed by atoms with van der Waals surface area (Å²) in [6.45, 7) is 13.7. The number of aliphatic hydroxyl groups is 1. The molecule has 8 nitrogen and oxygen atoms in total. The Labute approximate surface area is 204 Å². The number of nitrogens with zero attached hydrogens (tertiary/aromatic N) is 1. The number of carbonyl (C=O) groups excluding carboxylic acids is 3. The average Bonchev–Trinajstić information content (AvgIpc) is 2.73. The molecule has 0 spiro atoms. The van der Waals surface area contributed by atoms with Gasteiger partial charge in [0.2, 0.25) is 11.8 Å². The molecule has 1 rings (SSSR count). The molecule has 0 radical (unpaired) electrons. The lowest BCUT2D eigenvalue weighted by Gasteiger charge is -2.33. The first-order valence-electron chi connectivity index (χ1n) is 12.1. The summed E-state index contributed by atoms with van der Waals surface area (Å²) in [4.78, 5) is 39.0. The van der Waals surface area contributed by atoms with E-state index in [0.717, 1.165) is 12.0 Å². The van der Waals surface area contributed by atoms with Crippen LogP contribution in [0.4, 0.5) is 4.79 Å². The van der Waals surface area contributed by atoms with E-state index in [1.165, 1.54) is 0 Å². The highest BCUT2D eigenvalue weighted by molar-refractivity contribution is 5.86. The number of benzene rings is 1. The van der Waals surface area contributed by atoms with E-state index in [9.17, 15) is 19.5 Å². The van der Waals surface area contributed by atoms with Crippen molar-refractivity contribution in [3.8, 4) is 0 Å². The van der Waals surface area contributed by atoms with Crippen molar-refractivity contribution in [2.24, 2.45) is 23.5 Å². The summed E-state index contributed by atoms with van der Waals surface area (Å²) in [5, 5.41) is 17.1. The van der Waals surface area contributed by atoms with E-state index in [0.29, 0.717) is 18.9 Å². The molecule has 0 aliphatic rings. The Morgan fingerprint density at radius 1 is 1.03 bits per heavy atom. The molecule has 1 aromatic carbocycles. The van der Waals surface area contributed by atoms with Gasteiger partial charge in [0.05, 0.1) is 18.7 Å². The molecule has 0 heterocycles. The van der Waals surface area contributed by atoms with Crippen LogP contribution >= 0.6 is 0 Å². The molecule has 0 aromatic heterocycles. The number of nitrogens with two attached hydrogens (primary N) is 1. The average molecular weight is 477 g/mol. The van der Waals surface area contributed by atoms with E-state index in [4.69, 9.17) is 5.73 Å². The quantitative estimate of drug-likeness (QED) is 0.370. The predicted molar refractivity (Wildman–Crippen MR) is 135 cm³/mol. The molecule has 5 N–H and O–H groups in total. The van der Waals surface area contributed by atoms with Crippen LogP contribution in [0.5, 0.6) is 0 Å². The standard InChI is InChI=1S/C26H44N4O4/c1-17(2)13-14-30(25(34)29-26(5,6)7)16-22(31)21(15-20-11-9-8-10-12-20)28-24(33)19(4)18(3)23(27)32/h8-12,17-19,21-22,31H,13-16H2,1-7H3,(H2,27,32)(H,28,33)(H,29,34)/t18-,19+,21-,22?/m0/s1. The van der Waals surface area contributed by atoms with Crippen LogP contribution in [-0.4, -0.2) is 58.6 Å². The van der Waals surface area contributed by atoms with E-state index in [1.54, 1.807) is 18.7 Å². The van der Waals surface area contributed by atoms with Gasteiger partial charge >= 0.3 is 6.03 Å². The largest absolute Gasteiger partial charge is 0.389 e. The van der Waals surface area contributed by atoms with Crippen LogP contribution in [0.3, 0.4) is 0 Å². The molecular formula is C26H44N4O4. The van der Waals surface area contributed by atoms with Gasteiger partial charge in [-0.05, 0) is 45.1 Å². The first-order valence-corrected chi connectivity index (χ1v) is 12.1. The predicted octanol–water partition coefficient (Wildman–Crippen LogP) is 2.69. The normalized spacial score (nSPS) is 15.2. The van der Waals surface area contributed by atoms with Crippen molar-refractivity contribution in [1.82, 2.24) is 15.5 Å². The minimum absolute atomic E-state index is 0.0617.